The maximum atomic E-state index is 13.0. The number of sulfonamides is 1. The topological polar surface area (TPSA) is 75.3 Å². The molecule has 2 N–H and O–H groups in total. The molecule has 1 atom stereocenters. The molecule has 6 heteroatoms. The zero-order valence-electron chi connectivity index (χ0n) is 18.7. The average molecular weight is 431 g/mol. The molecule has 0 aliphatic rings. The molecular weight excluding hydrogens is 396 g/mol. The highest BCUT2D eigenvalue weighted by atomic mass is 32.2. The van der Waals surface area contributed by atoms with Crippen LogP contribution >= 0.6 is 0 Å². The summed E-state index contributed by atoms with van der Waals surface area (Å²) in [4.78, 5) is 12.8. The average Bonchev–Trinajstić information content (AvgIpc) is 2.70. The molecule has 0 saturated carbocycles. The first-order chi connectivity index (χ1) is 14.2. The van der Waals surface area contributed by atoms with E-state index < -0.39 is 10.0 Å². The van der Waals surface area contributed by atoms with Crippen molar-refractivity contribution in [3.05, 3.63) is 58.7 Å². The van der Waals surface area contributed by atoms with Crippen molar-refractivity contribution in [1.82, 2.24) is 5.32 Å². The fourth-order valence-corrected chi connectivity index (χ4v) is 4.65. The van der Waals surface area contributed by atoms with Crippen molar-refractivity contribution in [2.75, 3.05) is 11.3 Å². The molecule has 2 aromatic rings. The summed E-state index contributed by atoms with van der Waals surface area (Å²) in [6, 6.07) is 10.2. The van der Waals surface area contributed by atoms with Crippen molar-refractivity contribution in [1.29, 1.82) is 0 Å². The molecule has 0 saturated heterocycles. The van der Waals surface area contributed by atoms with E-state index in [9.17, 15) is 13.2 Å². The monoisotopic (exact) mass is 430 g/mol. The molecule has 0 bridgehead atoms. The summed E-state index contributed by atoms with van der Waals surface area (Å²) in [5.74, 6) is 0.196. The van der Waals surface area contributed by atoms with Crippen LogP contribution in [0.5, 0.6) is 0 Å². The molecule has 0 aliphatic carbocycles. The van der Waals surface area contributed by atoms with Gasteiger partial charge in [-0.25, -0.2) is 8.42 Å². The van der Waals surface area contributed by atoms with Crippen molar-refractivity contribution in [3.63, 3.8) is 0 Å². The highest BCUT2D eigenvalue weighted by Gasteiger charge is 2.20. The Bertz CT molecular complexity index is 984. The number of hydrogen-bond acceptors (Lipinski definition) is 3. The van der Waals surface area contributed by atoms with E-state index in [4.69, 9.17) is 0 Å². The van der Waals surface area contributed by atoms with E-state index in [-0.39, 0.29) is 10.8 Å². The second-order valence-electron chi connectivity index (χ2n) is 8.01. The summed E-state index contributed by atoms with van der Waals surface area (Å²) >= 11 is 0. The number of anilines is 1. The second-order valence-corrected chi connectivity index (χ2v) is 9.66. The van der Waals surface area contributed by atoms with Crippen molar-refractivity contribution in [2.45, 2.75) is 65.2 Å². The highest BCUT2D eigenvalue weighted by molar-refractivity contribution is 7.92. The molecule has 30 heavy (non-hydrogen) atoms. The van der Waals surface area contributed by atoms with Gasteiger partial charge in [0.1, 0.15) is 0 Å². The molecule has 5 nitrogen and oxygen atoms in total. The van der Waals surface area contributed by atoms with Crippen molar-refractivity contribution >= 4 is 21.6 Å². The predicted molar refractivity (Wildman–Crippen MR) is 124 cm³/mol. The van der Waals surface area contributed by atoms with Crippen LogP contribution in [-0.4, -0.2) is 20.9 Å². The van der Waals surface area contributed by atoms with Gasteiger partial charge in [0.25, 0.3) is 15.9 Å². The van der Waals surface area contributed by atoms with Gasteiger partial charge in [0.2, 0.25) is 0 Å². The molecule has 0 heterocycles. The molecule has 164 valence electrons. The van der Waals surface area contributed by atoms with E-state index in [2.05, 4.69) is 23.9 Å². The Morgan fingerprint density at radius 2 is 1.67 bits per heavy atom. The van der Waals surface area contributed by atoms with Gasteiger partial charge in [-0.05, 0) is 74.1 Å². The van der Waals surface area contributed by atoms with E-state index in [1.165, 1.54) is 6.07 Å². The largest absolute Gasteiger partial charge is 0.352 e. The Morgan fingerprint density at radius 1 is 0.967 bits per heavy atom. The van der Waals surface area contributed by atoms with Crippen LogP contribution in [0.15, 0.2) is 41.3 Å². The third-order valence-corrected chi connectivity index (χ3v) is 7.12. The molecule has 1 amide bonds. The van der Waals surface area contributed by atoms with Crippen LogP contribution in [0.3, 0.4) is 0 Å². The molecule has 0 aliphatic heterocycles. The number of carbonyl (C=O) groups is 1. The van der Waals surface area contributed by atoms with Gasteiger partial charge in [0, 0.05) is 17.8 Å². The minimum atomic E-state index is -3.81. The summed E-state index contributed by atoms with van der Waals surface area (Å²) in [5.41, 5.74) is 3.56. The summed E-state index contributed by atoms with van der Waals surface area (Å²) in [6.07, 6.45) is 4.37. The van der Waals surface area contributed by atoms with E-state index in [0.717, 1.165) is 36.8 Å². The molecular formula is C24H34N2O3S. The first-order valence-electron chi connectivity index (χ1n) is 10.7. The number of benzene rings is 2. The Kier molecular flexibility index (Phi) is 8.47. The third kappa shape index (κ3) is 6.33. The standard InChI is InChI=1S/C24H34N2O3S/c1-6-8-9-20(7-2)16-25-24(27)21-12-10-18(4)23(15-21)30(28,29)26-22-13-11-17(3)19(5)14-22/h10-15,20,26H,6-9,16H2,1-5H3,(H,25,27). The molecule has 0 aromatic heterocycles. The second kappa shape index (κ2) is 10.6. The predicted octanol–water partition coefficient (Wildman–Crippen LogP) is 5.36. The van der Waals surface area contributed by atoms with Crippen LogP contribution in [0, 0.1) is 26.7 Å². The lowest BCUT2D eigenvalue weighted by Crippen LogP contribution is -2.29. The number of hydrogen-bond donors (Lipinski definition) is 2. The van der Waals surface area contributed by atoms with Gasteiger partial charge in [0.15, 0.2) is 0 Å². The number of nitrogens with one attached hydrogen (secondary N) is 2. The van der Waals surface area contributed by atoms with Crippen molar-refractivity contribution in [3.8, 4) is 0 Å². The summed E-state index contributed by atoms with van der Waals surface area (Å²) in [6.45, 7) is 10.5. The molecule has 1 unspecified atom stereocenters. The maximum Gasteiger partial charge on any atom is 0.262 e. The maximum absolute atomic E-state index is 13.0. The van der Waals surface area contributed by atoms with E-state index in [0.29, 0.717) is 29.3 Å². The van der Waals surface area contributed by atoms with Gasteiger partial charge >= 0.3 is 0 Å². The van der Waals surface area contributed by atoms with Crippen LogP contribution in [0.2, 0.25) is 0 Å². The Labute approximate surface area is 181 Å². The first kappa shape index (κ1) is 23.9. The molecule has 0 spiro atoms. The van der Waals surface area contributed by atoms with Crippen LogP contribution < -0.4 is 10.0 Å². The van der Waals surface area contributed by atoms with Gasteiger partial charge < -0.3 is 5.32 Å². The van der Waals surface area contributed by atoms with Gasteiger partial charge in [-0.1, -0.05) is 45.2 Å². The Balaban J connectivity index is 2.18. The summed E-state index contributed by atoms with van der Waals surface area (Å²) < 4.78 is 28.6. The van der Waals surface area contributed by atoms with Gasteiger partial charge in [-0.3, -0.25) is 9.52 Å². The molecule has 0 radical (unpaired) electrons. The van der Waals surface area contributed by atoms with Crippen LogP contribution in [-0.2, 0) is 10.0 Å². The van der Waals surface area contributed by atoms with E-state index >= 15 is 0 Å². The lowest BCUT2D eigenvalue weighted by atomic mass is 9.99. The van der Waals surface area contributed by atoms with Crippen LogP contribution in [0.1, 0.15) is 66.6 Å². The smallest absolute Gasteiger partial charge is 0.262 e. The third-order valence-electron chi connectivity index (χ3n) is 5.59. The van der Waals surface area contributed by atoms with Gasteiger partial charge in [-0.2, -0.15) is 0 Å². The quantitative estimate of drug-likeness (QED) is 0.533. The fourth-order valence-electron chi connectivity index (χ4n) is 3.33. The lowest BCUT2D eigenvalue weighted by Gasteiger charge is -2.16. The molecule has 2 rings (SSSR count). The van der Waals surface area contributed by atoms with E-state index in [1.807, 2.05) is 19.9 Å². The highest BCUT2D eigenvalue weighted by Crippen LogP contribution is 2.22. The van der Waals surface area contributed by atoms with Gasteiger partial charge in [0.05, 0.1) is 4.90 Å². The normalized spacial score (nSPS) is 12.4. The molecule has 2 aromatic carbocycles. The SMILES string of the molecule is CCCCC(CC)CNC(=O)c1ccc(C)c(S(=O)(=O)Nc2ccc(C)c(C)c2)c1. The van der Waals surface area contributed by atoms with Crippen molar-refractivity contribution in [2.24, 2.45) is 5.92 Å². The lowest BCUT2D eigenvalue weighted by molar-refractivity contribution is 0.0945. The van der Waals surface area contributed by atoms with Crippen LogP contribution in [0.4, 0.5) is 5.69 Å². The summed E-state index contributed by atoms with van der Waals surface area (Å²) in [7, 11) is -3.81. The zero-order chi connectivity index (χ0) is 22.3. The zero-order valence-corrected chi connectivity index (χ0v) is 19.5. The number of rotatable bonds is 10. The minimum Gasteiger partial charge on any atom is -0.352 e. The Hall–Kier alpha value is -2.34. The fraction of sp³-hybridized carbons (Fsp3) is 0.458. The first-order valence-corrected chi connectivity index (χ1v) is 12.1. The minimum absolute atomic E-state index is 0.117. The summed E-state index contributed by atoms with van der Waals surface area (Å²) in [5, 5.41) is 2.97. The van der Waals surface area contributed by atoms with Crippen LogP contribution in [0.25, 0.3) is 0 Å². The van der Waals surface area contributed by atoms with Gasteiger partial charge in [-0.15, -0.1) is 0 Å². The van der Waals surface area contributed by atoms with E-state index in [1.54, 1.807) is 31.2 Å². The number of aryl methyl sites for hydroxylation is 3. The van der Waals surface area contributed by atoms with Crippen molar-refractivity contribution < 1.29 is 13.2 Å². The number of carbonyl (C=O) groups excluding carboxylic acids is 1. The number of amides is 1. The molecule has 0 fully saturated rings. The Morgan fingerprint density at radius 3 is 2.30 bits per heavy atom. The number of unbranched alkanes of at least 4 members (excludes halogenated alkanes) is 1.